The van der Waals surface area contributed by atoms with E-state index >= 15 is 0 Å². The molecular formula is C13H19F3N2. The lowest BCUT2D eigenvalue weighted by atomic mass is 10.1. The van der Waals surface area contributed by atoms with Crippen LogP contribution in [0.25, 0.3) is 0 Å². The first kappa shape index (κ1) is 14.7. The maximum atomic E-state index is 12.5. The zero-order valence-corrected chi connectivity index (χ0v) is 10.7. The summed E-state index contributed by atoms with van der Waals surface area (Å²) in [6.45, 7) is 5.58. The first-order valence-electron chi connectivity index (χ1n) is 6.11. The third-order valence-corrected chi connectivity index (χ3v) is 2.86. The molecule has 102 valence electrons. The molecule has 5 heteroatoms. The van der Waals surface area contributed by atoms with Crippen LogP contribution in [0.3, 0.4) is 0 Å². The number of nitrogen functional groups attached to an aromatic ring is 1. The number of hydrogen-bond acceptors (Lipinski definition) is 2. The van der Waals surface area contributed by atoms with Crippen molar-refractivity contribution >= 4 is 11.4 Å². The van der Waals surface area contributed by atoms with Crippen LogP contribution < -0.4 is 10.6 Å². The van der Waals surface area contributed by atoms with E-state index in [1.165, 1.54) is 6.07 Å². The minimum absolute atomic E-state index is 0.183. The van der Waals surface area contributed by atoms with E-state index in [4.69, 9.17) is 5.73 Å². The Morgan fingerprint density at radius 2 is 1.89 bits per heavy atom. The molecule has 1 aromatic carbocycles. The van der Waals surface area contributed by atoms with Crippen molar-refractivity contribution in [3.05, 3.63) is 23.8 Å². The van der Waals surface area contributed by atoms with Gasteiger partial charge in [-0.2, -0.15) is 13.2 Å². The summed E-state index contributed by atoms with van der Waals surface area (Å²) in [6.07, 6.45) is -2.31. The quantitative estimate of drug-likeness (QED) is 0.813. The molecule has 0 radical (unpaired) electrons. The van der Waals surface area contributed by atoms with Crippen LogP contribution in [0.2, 0.25) is 0 Å². The third kappa shape index (κ3) is 3.55. The highest BCUT2D eigenvalue weighted by molar-refractivity contribution is 5.68. The number of alkyl halides is 3. The van der Waals surface area contributed by atoms with E-state index in [9.17, 15) is 13.2 Å². The van der Waals surface area contributed by atoms with Crippen LogP contribution in [0, 0.1) is 0 Å². The highest BCUT2D eigenvalue weighted by Crippen LogP contribution is 2.34. The van der Waals surface area contributed by atoms with Crippen LogP contribution in [-0.4, -0.2) is 13.1 Å². The van der Waals surface area contributed by atoms with Crippen LogP contribution in [0.15, 0.2) is 18.2 Å². The number of nitrogens with zero attached hydrogens (tertiary/aromatic N) is 1. The maximum absolute atomic E-state index is 12.5. The van der Waals surface area contributed by atoms with Crippen LogP contribution in [-0.2, 0) is 6.18 Å². The summed E-state index contributed by atoms with van der Waals surface area (Å²) in [5.41, 5.74) is 5.89. The fourth-order valence-electron chi connectivity index (χ4n) is 1.82. The van der Waals surface area contributed by atoms with Crippen molar-refractivity contribution in [3.8, 4) is 0 Å². The Morgan fingerprint density at radius 3 is 2.33 bits per heavy atom. The monoisotopic (exact) mass is 260 g/mol. The van der Waals surface area contributed by atoms with Gasteiger partial charge >= 0.3 is 6.18 Å². The van der Waals surface area contributed by atoms with E-state index in [1.54, 1.807) is 0 Å². The van der Waals surface area contributed by atoms with Gasteiger partial charge in [0.05, 0.1) is 16.9 Å². The Balaban J connectivity index is 2.96. The molecule has 0 bridgehead atoms. The minimum atomic E-state index is -4.34. The third-order valence-electron chi connectivity index (χ3n) is 2.86. The summed E-state index contributed by atoms with van der Waals surface area (Å²) in [4.78, 5) is 2.00. The molecule has 0 atom stereocenters. The van der Waals surface area contributed by atoms with Crippen molar-refractivity contribution in [2.24, 2.45) is 0 Å². The lowest BCUT2D eigenvalue weighted by molar-refractivity contribution is -0.137. The minimum Gasteiger partial charge on any atom is -0.397 e. The molecule has 0 aliphatic heterocycles. The molecular weight excluding hydrogens is 241 g/mol. The lowest BCUT2D eigenvalue weighted by Gasteiger charge is -2.25. The van der Waals surface area contributed by atoms with Gasteiger partial charge < -0.3 is 10.6 Å². The van der Waals surface area contributed by atoms with E-state index < -0.39 is 11.7 Å². The average Bonchev–Trinajstić information content (AvgIpc) is 2.30. The Hall–Kier alpha value is -1.39. The van der Waals surface area contributed by atoms with Crippen molar-refractivity contribution in [1.29, 1.82) is 0 Å². The zero-order valence-electron chi connectivity index (χ0n) is 10.7. The summed E-state index contributed by atoms with van der Waals surface area (Å²) in [6, 6.07) is 3.54. The zero-order chi connectivity index (χ0) is 13.8. The van der Waals surface area contributed by atoms with Crippen molar-refractivity contribution in [2.75, 3.05) is 23.7 Å². The van der Waals surface area contributed by atoms with E-state index in [-0.39, 0.29) is 5.69 Å². The Kier molecular flexibility index (Phi) is 4.87. The van der Waals surface area contributed by atoms with Gasteiger partial charge in [0.1, 0.15) is 0 Å². The number of unbranched alkanes of at least 4 members (excludes halogenated alkanes) is 1. The average molecular weight is 260 g/mol. The van der Waals surface area contributed by atoms with Gasteiger partial charge in [-0.25, -0.2) is 0 Å². The maximum Gasteiger partial charge on any atom is 0.416 e. The van der Waals surface area contributed by atoms with E-state index in [0.717, 1.165) is 38.1 Å². The van der Waals surface area contributed by atoms with Gasteiger partial charge in [0, 0.05) is 13.1 Å². The van der Waals surface area contributed by atoms with E-state index in [0.29, 0.717) is 5.69 Å². The molecule has 0 aliphatic carbocycles. The predicted molar refractivity (Wildman–Crippen MR) is 68.7 cm³/mol. The molecule has 18 heavy (non-hydrogen) atoms. The highest BCUT2D eigenvalue weighted by Gasteiger charge is 2.31. The number of hydrogen-bond donors (Lipinski definition) is 1. The Morgan fingerprint density at radius 1 is 1.22 bits per heavy atom. The Bertz CT molecular complexity index is 388. The number of benzene rings is 1. The first-order valence-corrected chi connectivity index (χ1v) is 6.11. The summed E-state index contributed by atoms with van der Waals surface area (Å²) in [5, 5.41) is 0. The summed E-state index contributed by atoms with van der Waals surface area (Å²) < 4.78 is 37.5. The number of rotatable bonds is 5. The highest BCUT2D eigenvalue weighted by atomic mass is 19.4. The van der Waals surface area contributed by atoms with Gasteiger partial charge in [-0.1, -0.05) is 13.3 Å². The van der Waals surface area contributed by atoms with Crippen LogP contribution in [0.1, 0.15) is 32.3 Å². The lowest BCUT2D eigenvalue weighted by Crippen LogP contribution is -2.25. The van der Waals surface area contributed by atoms with Crippen LogP contribution in [0.4, 0.5) is 24.5 Å². The predicted octanol–water partition coefficient (Wildman–Crippen LogP) is 3.91. The second-order valence-electron chi connectivity index (χ2n) is 4.20. The molecule has 0 saturated heterocycles. The van der Waals surface area contributed by atoms with Gasteiger partial charge in [0.25, 0.3) is 0 Å². The molecule has 0 heterocycles. The van der Waals surface area contributed by atoms with Crippen molar-refractivity contribution < 1.29 is 13.2 Å². The fraction of sp³-hybridized carbons (Fsp3) is 0.538. The van der Waals surface area contributed by atoms with E-state index in [1.807, 2.05) is 11.8 Å². The second-order valence-corrected chi connectivity index (χ2v) is 4.20. The van der Waals surface area contributed by atoms with Crippen LogP contribution >= 0.6 is 0 Å². The molecule has 1 aromatic rings. The molecule has 1 rings (SSSR count). The molecule has 0 aromatic heterocycles. The number of anilines is 2. The van der Waals surface area contributed by atoms with Crippen molar-refractivity contribution in [3.63, 3.8) is 0 Å². The number of nitrogens with two attached hydrogens (primary N) is 1. The molecule has 0 unspecified atom stereocenters. The summed E-state index contributed by atoms with van der Waals surface area (Å²) >= 11 is 0. The van der Waals surface area contributed by atoms with Gasteiger partial charge in [-0.05, 0) is 31.5 Å². The molecule has 0 aliphatic rings. The number of halogens is 3. The van der Waals surface area contributed by atoms with Crippen molar-refractivity contribution in [1.82, 2.24) is 0 Å². The van der Waals surface area contributed by atoms with E-state index in [2.05, 4.69) is 6.92 Å². The smallest absolute Gasteiger partial charge is 0.397 e. The molecule has 0 amide bonds. The Labute approximate surface area is 106 Å². The van der Waals surface area contributed by atoms with Gasteiger partial charge in [-0.15, -0.1) is 0 Å². The van der Waals surface area contributed by atoms with Gasteiger partial charge in [0.15, 0.2) is 0 Å². The van der Waals surface area contributed by atoms with Gasteiger partial charge in [-0.3, -0.25) is 0 Å². The normalized spacial score (nSPS) is 11.6. The molecule has 0 fully saturated rings. The SMILES string of the molecule is CCCCN(CC)c1ccc(C(F)(F)F)cc1N. The fourth-order valence-corrected chi connectivity index (χ4v) is 1.82. The molecule has 0 saturated carbocycles. The standard InChI is InChI=1S/C13H19F3N2/c1-3-5-8-18(4-2)12-7-6-10(9-11(12)17)13(14,15)16/h6-7,9H,3-5,8,17H2,1-2H3. The first-order chi connectivity index (χ1) is 8.40. The summed E-state index contributed by atoms with van der Waals surface area (Å²) in [5.74, 6) is 0. The molecule has 0 spiro atoms. The van der Waals surface area contributed by atoms with Crippen molar-refractivity contribution in [2.45, 2.75) is 32.9 Å². The van der Waals surface area contributed by atoms with Crippen LogP contribution in [0.5, 0.6) is 0 Å². The van der Waals surface area contributed by atoms with Gasteiger partial charge in [0.2, 0.25) is 0 Å². The second kappa shape index (κ2) is 5.98. The molecule has 2 N–H and O–H groups in total. The topological polar surface area (TPSA) is 29.3 Å². The molecule has 2 nitrogen and oxygen atoms in total. The summed E-state index contributed by atoms with van der Waals surface area (Å²) in [7, 11) is 0. The largest absolute Gasteiger partial charge is 0.416 e.